The Morgan fingerprint density at radius 3 is 1.56 bits per heavy atom. The standard InChI is InChI=1S/C48H32N2/c1-3-15-33(16-4-1)34-17-13-20-36(31-34)49(37-29-30-42-40-23-8-7-21-38(40)39-22-9-10-24-41(39)44(42)32-37)46-27-14-28-47-48(46)43-25-11-12-26-45(43)50(47)35-18-5-2-6-19-35/h1-32H. The van der Waals surface area contributed by atoms with E-state index in [1.807, 2.05) is 0 Å². The third-order valence-corrected chi connectivity index (χ3v) is 10.1. The monoisotopic (exact) mass is 636 g/mol. The first-order valence-corrected chi connectivity index (χ1v) is 17.2. The average molecular weight is 637 g/mol. The quantitative estimate of drug-likeness (QED) is 0.171. The average Bonchev–Trinajstić information content (AvgIpc) is 3.54. The van der Waals surface area contributed by atoms with Crippen LogP contribution in [0.1, 0.15) is 0 Å². The maximum atomic E-state index is 2.46. The van der Waals surface area contributed by atoms with Crippen LogP contribution in [-0.2, 0) is 0 Å². The molecule has 2 heteroatoms. The van der Waals surface area contributed by atoms with E-state index in [1.165, 1.54) is 65.3 Å². The molecule has 0 atom stereocenters. The van der Waals surface area contributed by atoms with Gasteiger partial charge in [-0.2, -0.15) is 0 Å². The highest BCUT2D eigenvalue weighted by Gasteiger charge is 2.22. The summed E-state index contributed by atoms with van der Waals surface area (Å²) in [7, 11) is 0. The molecule has 10 rings (SSSR count). The van der Waals surface area contributed by atoms with Gasteiger partial charge in [0, 0.05) is 27.8 Å². The van der Waals surface area contributed by atoms with E-state index in [0.717, 1.165) is 22.7 Å². The van der Waals surface area contributed by atoms with Crippen LogP contribution < -0.4 is 4.90 Å². The molecule has 0 bridgehead atoms. The molecule has 234 valence electrons. The highest BCUT2D eigenvalue weighted by Crippen LogP contribution is 2.46. The molecule has 0 unspecified atom stereocenters. The molecule has 0 radical (unpaired) electrons. The Bertz CT molecular complexity index is 2830. The summed E-state index contributed by atoms with van der Waals surface area (Å²) in [6.07, 6.45) is 0. The lowest BCUT2D eigenvalue weighted by atomic mass is 9.94. The van der Waals surface area contributed by atoms with Crippen molar-refractivity contribution in [2.75, 3.05) is 4.90 Å². The van der Waals surface area contributed by atoms with Crippen LogP contribution in [0.5, 0.6) is 0 Å². The second-order valence-corrected chi connectivity index (χ2v) is 12.9. The van der Waals surface area contributed by atoms with E-state index in [-0.39, 0.29) is 0 Å². The van der Waals surface area contributed by atoms with Gasteiger partial charge in [-0.05, 0) is 98.0 Å². The molecular formula is C48H32N2. The predicted octanol–water partition coefficient (Wildman–Crippen LogP) is 13.4. The van der Waals surface area contributed by atoms with Crippen molar-refractivity contribution in [1.29, 1.82) is 0 Å². The van der Waals surface area contributed by atoms with E-state index < -0.39 is 0 Å². The van der Waals surface area contributed by atoms with E-state index in [4.69, 9.17) is 0 Å². The van der Waals surface area contributed by atoms with Gasteiger partial charge in [-0.1, -0.05) is 140 Å². The first-order valence-electron chi connectivity index (χ1n) is 17.2. The van der Waals surface area contributed by atoms with Crippen LogP contribution in [0.15, 0.2) is 194 Å². The maximum Gasteiger partial charge on any atom is 0.0562 e. The van der Waals surface area contributed by atoms with Gasteiger partial charge in [-0.25, -0.2) is 0 Å². The normalized spacial score (nSPS) is 11.6. The zero-order valence-electron chi connectivity index (χ0n) is 27.4. The fourth-order valence-electron chi connectivity index (χ4n) is 7.96. The van der Waals surface area contributed by atoms with E-state index in [2.05, 4.69) is 204 Å². The molecule has 50 heavy (non-hydrogen) atoms. The Morgan fingerprint density at radius 2 is 0.840 bits per heavy atom. The van der Waals surface area contributed by atoms with Crippen LogP contribution in [0, 0.1) is 0 Å². The van der Waals surface area contributed by atoms with Gasteiger partial charge in [0.25, 0.3) is 0 Å². The molecule has 0 fully saturated rings. The number of fused-ring (bicyclic) bond motifs is 9. The van der Waals surface area contributed by atoms with Crippen LogP contribution in [-0.4, -0.2) is 4.57 Å². The number of hydrogen-bond acceptors (Lipinski definition) is 1. The number of anilines is 3. The summed E-state index contributed by atoms with van der Waals surface area (Å²) in [5.74, 6) is 0. The summed E-state index contributed by atoms with van der Waals surface area (Å²) in [5.41, 5.74) is 9.27. The fraction of sp³-hybridized carbons (Fsp3) is 0. The molecule has 0 aliphatic rings. The lowest BCUT2D eigenvalue weighted by molar-refractivity contribution is 1.18. The molecule has 0 aliphatic carbocycles. The largest absolute Gasteiger partial charge is 0.310 e. The molecule has 0 amide bonds. The number of nitrogens with zero attached hydrogens (tertiary/aromatic N) is 2. The molecule has 2 nitrogen and oxygen atoms in total. The van der Waals surface area contributed by atoms with Crippen molar-refractivity contribution in [3.05, 3.63) is 194 Å². The van der Waals surface area contributed by atoms with E-state index >= 15 is 0 Å². The first kappa shape index (κ1) is 28.4. The van der Waals surface area contributed by atoms with Gasteiger partial charge in [0.05, 0.1) is 16.7 Å². The Morgan fingerprint density at radius 1 is 0.320 bits per heavy atom. The van der Waals surface area contributed by atoms with E-state index in [9.17, 15) is 0 Å². The molecular weight excluding hydrogens is 605 g/mol. The highest BCUT2D eigenvalue weighted by atomic mass is 15.1. The minimum absolute atomic E-state index is 1.11. The fourth-order valence-corrected chi connectivity index (χ4v) is 7.96. The molecule has 0 spiro atoms. The Kier molecular flexibility index (Phi) is 6.53. The second-order valence-electron chi connectivity index (χ2n) is 12.9. The number of hydrogen-bond donors (Lipinski definition) is 0. The molecule has 10 aromatic rings. The SMILES string of the molecule is c1ccc(-c2cccc(N(c3ccc4c5ccccc5c5ccccc5c4c3)c3cccc4c3c3ccccc3n4-c3ccccc3)c2)cc1. The van der Waals surface area contributed by atoms with Gasteiger partial charge in [0.15, 0.2) is 0 Å². The predicted molar refractivity (Wildman–Crippen MR) is 213 cm³/mol. The Balaban J connectivity index is 1.30. The first-order chi connectivity index (χ1) is 24.8. The van der Waals surface area contributed by atoms with Crippen LogP contribution in [0.3, 0.4) is 0 Å². The molecule has 0 saturated carbocycles. The van der Waals surface area contributed by atoms with E-state index in [0.29, 0.717) is 0 Å². The summed E-state index contributed by atoms with van der Waals surface area (Å²) >= 11 is 0. The van der Waals surface area contributed by atoms with E-state index in [1.54, 1.807) is 0 Å². The van der Waals surface area contributed by atoms with Crippen molar-refractivity contribution >= 4 is 71.2 Å². The van der Waals surface area contributed by atoms with Gasteiger partial charge in [-0.3, -0.25) is 0 Å². The molecule has 0 saturated heterocycles. The maximum absolute atomic E-state index is 2.46. The zero-order chi connectivity index (χ0) is 33.0. The topological polar surface area (TPSA) is 8.17 Å². The summed E-state index contributed by atoms with van der Waals surface area (Å²) in [6.45, 7) is 0. The van der Waals surface area contributed by atoms with Gasteiger partial charge >= 0.3 is 0 Å². The smallest absolute Gasteiger partial charge is 0.0562 e. The lowest BCUT2D eigenvalue weighted by Crippen LogP contribution is -2.10. The van der Waals surface area contributed by atoms with Crippen molar-refractivity contribution in [1.82, 2.24) is 4.57 Å². The van der Waals surface area contributed by atoms with Gasteiger partial charge < -0.3 is 9.47 Å². The number of aromatic nitrogens is 1. The second kappa shape index (κ2) is 11.5. The van der Waals surface area contributed by atoms with Crippen molar-refractivity contribution < 1.29 is 0 Å². The molecule has 1 heterocycles. The summed E-state index contributed by atoms with van der Waals surface area (Å²) in [5, 5.41) is 10.1. The summed E-state index contributed by atoms with van der Waals surface area (Å²) in [6, 6.07) is 70.5. The zero-order valence-corrected chi connectivity index (χ0v) is 27.4. The van der Waals surface area contributed by atoms with Crippen LogP contribution in [0.2, 0.25) is 0 Å². The van der Waals surface area contributed by atoms with Crippen molar-refractivity contribution in [2.24, 2.45) is 0 Å². The van der Waals surface area contributed by atoms with Gasteiger partial charge in [-0.15, -0.1) is 0 Å². The van der Waals surface area contributed by atoms with Crippen LogP contribution >= 0.6 is 0 Å². The summed E-state index contributed by atoms with van der Waals surface area (Å²) in [4.78, 5) is 2.46. The lowest BCUT2D eigenvalue weighted by Gasteiger charge is -2.28. The number of para-hydroxylation sites is 2. The third kappa shape index (κ3) is 4.43. The van der Waals surface area contributed by atoms with Crippen LogP contribution in [0.4, 0.5) is 17.1 Å². The Hall–Kier alpha value is -6.64. The minimum atomic E-state index is 1.11. The van der Waals surface area contributed by atoms with Crippen molar-refractivity contribution in [2.45, 2.75) is 0 Å². The molecule has 0 N–H and O–H groups in total. The van der Waals surface area contributed by atoms with Gasteiger partial charge in [0.1, 0.15) is 0 Å². The molecule has 9 aromatic carbocycles. The van der Waals surface area contributed by atoms with Crippen LogP contribution in [0.25, 0.3) is 70.9 Å². The van der Waals surface area contributed by atoms with Crippen molar-refractivity contribution in [3.63, 3.8) is 0 Å². The number of rotatable bonds is 5. The van der Waals surface area contributed by atoms with Crippen molar-refractivity contribution in [3.8, 4) is 16.8 Å². The molecule has 1 aromatic heterocycles. The third-order valence-electron chi connectivity index (χ3n) is 10.1. The van der Waals surface area contributed by atoms with Gasteiger partial charge in [0.2, 0.25) is 0 Å². The molecule has 0 aliphatic heterocycles. The number of benzene rings is 9. The summed E-state index contributed by atoms with van der Waals surface area (Å²) < 4.78 is 2.40. The Labute approximate surface area is 290 Å². The minimum Gasteiger partial charge on any atom is -0.310 e. The highest BCUT2D eigenvalue weighted by molar-refractivity contribution is 6.26.